The van der Waals surface area contributed by atoms with Gasteiger partial charge in [0.2, 0.25) is 0 Å². The van der Waals surface area contributed by atoms with Crippen LogP contribution in [0, 0.1) is 0 Å². The van der Waals surface area contributed by atoms with Crippen molar-refractivity contribution in [2.24, 2.45) is 4.99 Å². The minimum absolute atomic E-state index is 0.0546. The van der Waals surface area contributed by atoms with Crippen molar-refractivity contribution in [3.63, 3.8) is 0 Å². The molecule has 2 aliphatic rings. The van der Waals surface area contributed by atoms with E-state index in [4.69, 9.17) is 9.47 Å². The number of rotatable bonds is 3. The Morgan fingerprint density at radius 2 is 1.86 bits per heavy atom. The summed E-state index contributed by atoms with van der Waals surface area (Å²) in [7, 11) is 0. The van der Waals surface area contributed by atoms with E-state index in [1.54, 1.807) is 6.92 Å². The number of nitrogens with zero attached hydrogens (tertiary/aromatic N) is 2. The zero-order chi connectivity index (χ0) is 21.2. The first-order chi connectivity index (χ1) is 13.7. The normalized spacial score (nSPS) is 18.2. The van der Waals surface area contributed by atoms with Crippen LogP contribution in [-0.2, 0) is 14.3 Å². The highest BCUT2D eigenvalue weighted by Crippen LogP contribution is 2.42. The van der Waals surface area contributed by atoms with Gasteiger partial charge in [0.15, 0.2) is 0 Å². The van der Waals surface area contributed by atoms with Gasteiger partial charge in [-0.1, -0.05) is 30.0 Å². The number of amides is 1. The predicted octanol–water partition coefficient (Wildman–Crippen LogP) is 4.34. The number of esters is 1. The molecule has 8 heteroatoms. The Bertz CT molecular complexity index is 905. The van der Waals surface area contributed by atoms with Crippen molar-refractivity contribution in [2.45, 2.75) is 33.3 Å². The number of thioether (sulfide) groups is 1. The number of carbonyl (C=O) groups is 2. The Labute approximate surface area is 174 Å². The Morgan fingerprint density at radius 1 is 1.21 bits per heavy atom. The second kappa shape index (κ2) is 8.32. The molecule has 1 aromatic carbocycles. The van der Waals surface area contributed by atoms with Gasteiger partial charge in [0.05, 0.1) is 17.2 Å². The average molecular weight is 416 g/mol. The van der Waals surface area contributed by atoms with E-state index in [2.05, 4.69) is 4.99 Å². The fourth-order valence-corrected chi connectivity index (χ4v) is 3.85. The van der Waals surface area contributed by atoms with Gasteiger partial charge >= 0.3 is 12.1 Å². The Morgan fingerprint density at radius 3 is 2.45 bits per heavy atom. The Hall–Kier alpha value is -2.74. The number of ether oxygens (including phenoxy) is 2. The van der Waals surface area contributed by atoms with E-state index in [1.807, 2.05) is 51.1 Å². The summed E-state index contributed by atoms with van der Waals surface area (Å²) >= 11 is 1.21. The van der Waals surface area contributed by atoms with Gasteiger partial charge in [-0.3, -0.25) is 4.90 Å². The molecule has 0 aromatic heterocycles. The van der Waals surface area contributed by atoms with E-state index in [-0.39, 0.29) is 17.9 Å². The van der Waals surface area contributed by atoms with E-state index in [9.17, 15) is 14.7 Å². The molecule has 1 amide bonds. The van der Waals surface area contributed by atoms with Gasteiger partial charge in [0.1, 0.15) is 22.0 Å². The van der Waals surface area contributed by atoms with Gasteiger partial charge in [-0.25, -0.2) is 14.6 Å². The quantitative estimate of drug-likeness (QED) is 0.737. The molecule has 154 valence electrons. The molecule has 7 nitrogen and oxygen atoms in total. The van der Waals surface area contributed by atoms with Crippen LogP contribution in [0.1, 0.15) is 27.7 Å². The predicted molar refractivity (Wildman–Crippen MR) is 112 cm³/mol. The van der Waals surface area contributed by atoms with Crippen molar-refractivity contribution in [1.82, 2.24) is 4.90 Å². The third kappa shape index (κ3) is 4.82. The molecule has 1 aromatic rings. The largest absolute Gasteiger partial charge is 0.506 e. The van der Waals surface area contributed by atoms with Crippen LogP contribution in [0.25, 0.3) is 0 Å². The molecule has 2 heterocycles. The van der Waals surface area contributed by atoms with Gasteiger partial charge in [-0.15, -0.1) is 0 Å². The molecule has 0 radical (unpaired) electrons. The number of aliphatic imine (C=N–C) groups is 1. The van der Waals surface area contributed by atoms with Crippen molar-refractivity contribution in [1.29, 1.82) is 0 Å². The number of benzene rings is 1. The number of likely N-dealkylation sites (tertiary alicyclic amines) is 1. The van der Waals surface area contributed by atoms with Crippen LogP contribution in [0.15, 0.2) is 57.1 Å². The van der Waals surface area contributed by atoms with E-state index in [0.717, 1.165) is 5.57 Å². The molecular formula is C21H24N2O5S. The summed E-state index contributed by atoms with van der Waals surface area (Å²) in [6.07, 6.45) is -0.405. The lowest BCUT2D eigenvalue weighted by atomic mass is 10.1. The number of hydrogen-bond acceptors (Lipinski definition) is 7. The van der Waals surface area contributed by atoms with Crippen molar-refractivity contribution in [3.05, 3.63) is 52.1 Å². The maximum atomic E-state index is 12.4. The first-order valence-electron chi connectivity index (χ1n) is 9.32. The fraction of sp³-hybridized carbons (Fsp3) is 0.381. The number of carbonyl (C=O) groups excluding carboxylic acids is 2. The molecule has 29 heavy (non-hydrogen) atoms. The lowest BCUT2D eigenvalue weighted by Gasteiger charge is -2.36. The topological polar surface area (TPSA) is 88.4 Å². The highest BCUT2D eigenvalue weighted by atomic mass is 32.2. The van der Waals surface area contributed by atoms with E-state index < -0.39 is 17.7 Å². The zero-order valence-electron chi connectivity index (χ0n) is 16.9. The lowest BCUT2D eigenvalue weighted by Crippen LogP contribution is -2.47. The molecule has 0 bridgehead atoms. The van der Waals surface area contributed by atoms with Crippen LogP contribution in [0.2, 0.25) is 0 Å². The van der Waals surface area contributed by atoms with Crippen LogP contribution in [0.4, 0.5) is 10.5 Å². The molecule has 0 spiro atoms. The number of aliphatic hydroxyl groups excluding tert-OH is 1. The van der Waals surface area contributed by atoms with Gasteiger partial charge in [0, 0.05) is 13.1 Å². The average Bonchev–Trinajstić information content (AvgIpc) is 2.89. The van der Waals surface area contributed by atoms with Crippen molar-refractivity contribution < 1.29 is 24.2 Å². The molecule has 0 aliphatic carbocycles. The van der Waals surface area contributed by atoms with Gasteiger partial charge in [-0.2, -0.15) is 0 Å². The van der Waals surface area contributed by atoms with Crippen molar-refractivity contribution in [3.8, 4) is 0 Å². The third-order valence-corrected chi connectivity index (χ3v) is 5.24. The fourth-order valence-electron chi connectivity index (χ4n) is 2.75. The van der Waals surface area contributed by atoms with Crippen LogP contribution < -0.4 is 0 Å². The summed E-state index contributed by atoms with van der Waals surface area (Å²) in [6, 6.07) is 9.18. The molecule has 1 fully saturated rings. The maximum Gasteiger partial charge on any atom is 0.410 e. The van der Waals surface area contributed by atoms with Crippen LogP contribution >= 0.6 is 11.8 Å². The van der Waals surface area contributed by atoms with Crippen LogP contribution in [0.3, 0.4) is 0 Å². The second-order valence-corrected chi connectivity index (χ2v) is 8.57. The molecule has 0 saturated carbocycles. The van der Waals surface area contributed by atoms with Crippen molar-refractivity contribution >= 4 is 34.6 Å². The number of aliphatic hydroxyl groups is 1. The highest BCUT2D eigenvalue weighted by molar-refractivity contribution is 8.18. The maximum absolute atomic E-state index is 12.4. The van der Waals surface area contributed by atoms with E-state index in [1.165, 1.54) is 16.7 Å². The van der Waals surface area contributed by atoms with E-state index in [0.29, 0.717) is 28.7 Å². The molecule has 2 aliphatic heterocycles. The summed E-state index contributed by atoms with van der Waals surface area (Å²) < 4.78 is 10.5. The lowest BCUT2D eigenvalue weighted by molar-refractivity contribution is -0.138. The minimum atomic E-state index is -0.619. The monoisotopic (exact) mass is 416 g/mol. The molecular weight excluding hydrogens is 392 g/mol. The summed E-state index contributed by atoms with van der Waals surface area (Å²) in [5.41, 5.74) is 0.994. The number of para-hydroxylation sites is 1. The van der Waals surface area contributed by atoms with Gasteiger partial charge in [0.25, 0.3) is 0 Å². The Kier molecular flexibility index (Phi) is 6.02. The first-order valence-corrected chi connectivity index (χ1v) is 10.1. The second-order valence-electron chi connectivity index (χ2n) is 7.57. The van der Waals surface area contributed by atoms with Crippen LogP contribution in [0.5, 0.6) is 0 Å². The SMILES string of the molecule is CCOC(=O)C1=C(O)C(=C2CN(C(=O)OC(C)(C)C)C2)SC1=Nc1ccccc1. The smallest absolute Gasteiger partial charge is 0.410 e. The molecule has 3 rings (SSSR count). The molecule has 0 atom stereocenters. The highest BCUT2D eigenvalue weighted by Gasteiger charge is 2.39. The van der Waals surface area contributed by atoms with E-state index >= 15 is 0 Å². The summed E-state index contributed by atoms with van der Waals surface area (Å²) in [5, 5.41) is 11.1. The summed E-state index contributed by atoms with van der Waals surface area (Å²) in [6.45, 7) is 7.98. The molecule has 1 N–H and O–H groups in total. The first kappa shape index (κ1) is 21.0. The molecule has 0 unspecified atom stereocenters. The standard InChI is InChI=1S/C21H24N2O5S/c1-5-27-19(25)15-16(24)17(29-18(15)22-14-9-7-6-8-10-14)13-11-23(12-13)20(26)28-21(2,3)4/h6-10,24H,5,11-12H2,1-4H3. The Balaban J connectivity index is 1.86. The van der Waals surface area contributed by atoms with Crippen LogP contribution in [-0.4, -0.2) is 52.4 Å². The zero-order valence-corrected chi connectivity index (χ0v) is 17.7. The van der Waals surface area contributed by atoms with Crippen molar-refractivity contribution in [2.75, 3.05) is 19.7 Å². The summed E-state index contributed by atoms with van der Waals surface area (Å²) in [5.74, 6) is -0.770. The number of hydrogen-bond donors (Lipinski definition) is 1. The molecule has 1 saturated heterocycles. The van der Waals surface area contributed by atoms with Gasteiger partial charge < -0.3 is 14.6 Å². The van der Waals surface area contributed by atoms with Gasteiger partial charge in [-0.05, 0) is 45.4 Å². The summed E-state index contributed by atoms with van der Waals surface area (Å²) in [4.78, 5) is 31.2. The minimum Gasteiger partial charge on any atom is -0.506 e. The third-order valence-electron chi connectivity index (χ3n) is 4.07.